The van der Waals surface area contributed by atoms with Gasteiger partial charge in [0.2, 0.25) is 0 Å². The highest BCUT2D eigenvalue weighted by Gasteiger charge is 2.18. The van der Waals surface area contributed by atoms with E-state index in [0.717, 1.165) is 36.8 Å². The fourth-order valence-corrected chi connectivity index (χ4v) is 2.25. The standard InChI is InChI=1S/C17H26N4/c1-6-15-19-8-9-21(15)16-11-13(12-18-7-2)10-14(20-16)17(3,4)5/h8-11,18H,6-7,12H2,1-5H3. The Balaban J connectivity index is 2.49. The molecule has 0 spiro atoms. The summed E-state index contributed by atoms with van der Waals surface area (Å²) >= 11 is 0. The Bertz CT molecular complexity index is 593. The number of rotatable bonds is 5. The zero-order chi connectivity index (χ0) is 15.5. The summed E-state index contributed by atoms with van der Waals surface area (Å²) in [5.74, 6) is 2.01. The van der Waals surface area contributed by atoms with Crippen LogP contribution < -0.4 is 5.32 Å². The predicted octanol–water partition coefficient (Wildman–Crippen LogP) is 3.24. The molecular formula is C17H26N4. The molecule has 0 aliphatic carbocycles. The zero-order valence-electron chi connectivity index (χ0n) is 13.8. The lowest BCUT2D eigenvalue weighted by molar-refractivity contribution is 0.564. The molecule has 21 heavy (non-hydrogen) atoms. The first kappa shape index (κ1) is 15.7. The molecule has 0 aromatic carbocycles. The molecule has 2 heterocycles. The molecule has 2 aromatic heterocycles. The van der Waals surface area contributed by atoms with Crippen molar-refractivity contribution in [1.29, 1.82) is 0 Å². The number of pyridine rings is 1. The fourth-order valence-electron chi connectivity index (χ4n) is 2.25. The van der Waals surface area contributed by atoms with E-state index in [2.05, 4.69) is 61.6 Å². The second kappa shape index (κ2) is 6.39. The number of imidazole rings is 1. The average Bonchev–Trinajstić information content (AvgIpc) is 2.92. The van der Waals surface area contributed by atoms with Crippen LogP contribution >= 0.6 is 0 Å². The third-order valence-electron chi connectivity index (χ3n) is 3.50. The van der Waals surface area contributed by atoms with Crippen molar-refractivity contribution in [3.8, 4) is 5.82 Å². The van der Waals surface area contributed by atoms with Crippen molar-refractivity contribution >= 4 is 0 Å². The van der Waals surface area contributed by atoms with Gasteiger partial charge in [0, 0.05) is 36.5 Å². The van der Waals surface area contributed by atoms with E-state index < -0.39 is 0 Å². The third-order valence-corrected chi connectivity index (χ3v) is 3.50. The van der Waals surface area contributed by atoms with Gasteiger partial charge in [-0.1, -0.05) is 34.6 Å². The molecule has 0 atom stereocenters. The lowest BCUT2D eigenvalue weighted by Gasteiger charge is -2.20. The number of hydrogen-bond donors (Lipinski definition) is 1. The van der Waals surface area contributed by atoms with Gasteiger partial charge in [-0.2, -0.15) is 0 Å². The molecule has 4 nitrogen and oxygen atoms in total. The van der Waals surface area contributed by atoms with Crippen LogP contribution in [0.15, 0.2) is 24.5 Å². The van der Waals surface area contributed by atoms with Gasteiger partial charge in [-0.05, 0) is 24.2 Å². The maximum atomic E-state index is 4.86. The highest BCUT2D eigenvalue weighted by molar-refractivity contribution is 5.34. The number of hydrogen-bond acceptors (Lipinski definition) is 3. The van der Waals surface area contributed by atoms with Crippen molar-refractivity contribution < 1.29 is 0 Å². The van der Waals surface area contributed by atoms with Crippen LogP contribution in [-0.4, -0.2) is 21.1 Å². The van der Waals surface area contributed by atoms with Crippen LogP contribution in [-0.2, 0) is 18.4 Å². The largest absolute Gasteiger partial charge is 0.313 e. The second-order valence-corrected chi connectivity index (χ2v) is 6.32. The molecule has 0 unspecified atom stereocenters. The van der Waals surface area contributed by atoms with Gasteiger partial charge in [0.25, 0.3) is 0 Å². The van der Waals surface area contributed by atoms with Crippen molar-refractivity contribution in [3.05, 3.63) is 41.6 Å². The van der Waals surface area contributed by atoms with Gasteiger partial charge in [0.05, 0.1) is 0 Å². The van der Waals surface area contributed by atoms with Crippen LogP contribution in [0.2, 0.25) is 0 Å². The quantitative estimate of drug-likeness (QED) is 0.917. The Morgan fingerprint density at radius 1 is 1.19 bits per heavy atom. The van der Waals surface area contributed by atoms with Crippen LogP contribution in [0.1, 0.15) is 51.7 Å². The van der Waals surface area contributed by atoms with Gasteiger partial charge in [-0.3, -0.25) is 4.57 Å². The third kappa shape index (κ3) is 3.70. The summed E-state index contributed by atoms with van der Waals surface area (Å²) in [7, 11) is 0. The number of nitrogens with one attached hydrogen (secondary N) is 1. The molecule has 0 aliphatic rings. The van der Waals surface area contributed by atoms with Crippen LogP contribution in [0.3, 0.4) is 0 Å². The summed E-state index contributed by atoms with van der Waals surface area (Å²) in [5, 5.41) is 3.39. The summed E-state index contributed by atoms with van der Waals surface area (Å²) in [6.45, 7) is 12.7. The molecule has 1 N–H and O–H groups in total. The van der Waals surface area contributed by atoms with Gasteiger partial charge >= 0.3 is 0 Å². The lowest BCUT2D eigenvalue weighted by Crippen LogP contribution is -2.18. The van der Waals surface area contributed by atoms with E-state index in [1.54, 1.807) is 0 Å². The normalized spacial score (nSPS) is 11.9. The monoisotopic (exact) mass is 286 g/mol. The molecule has 0 fully saturated rings. The minimum absolute atomic E-state index is 0.0317. The molecule has 114 valence electrons. The summed E-state index contributed by atoms with van der Waals surface area (Å²) in [4.78, 5) is 9.26. The van der Waals surface area contributed by atoms with Crippen LogP contribution in [0, 0.1) is 0 Å². The Morgan fingerprint density at radius 3 is 2.57 bits per heavy atom. The van der Waals surface area contributed by atoms with Crippen LogP contribution in [0.5, 0.6) is 0 Å². The number of aryl methyl sites for hydroxylation is 1. The smallest absolute Gasteiger partial charge is 0.138 e. The molecule has 0 saturated carbocycles. The summed E-state index contributed by atoms with van der Waals surface area (Å²) in [6.07, 6.45) is 4.73. The molecule has 2 rings (SSSR count). The van der Waals surface area contributed by atoms with Gasteiger partial charge in [-0.15, -0.1) is 0 Å². The van der Waals surface area contributed by atoms with E-state index in [1.807, 2.05) is 12.4 Å². The van der Waals surface area contributed by atoms with E-state index in [4.69, 9.17) is 4.98 Å². The minimum Gasteiger partial charge on any atom is -0.313 e. The predicted molar refractivity (Wildman–Crippen MR) is 86.8 cm³/mol. The van der Waals surface area contributed by atoms with Gasteiger partial charge in [0.1, 0.15) is 11.6 Å². The van der Waals surface area contributed by atoms with Gasteiger partial charge in [0.15, 0.2) is 0 Å². The Labute approximate surface area is 127 Å². The molecule has 0 saturated heterocycles. The van der Waals surface area contributed by atoms with Crippen LogP contribution in [0.25, 0.3) is 5.82 Å². The molecule has 0 aliphatic heterocycles. The molecule has 2 aromatic rings. The van der Waals surface area contributed by atoms with Crippen LogP contribution in [0.4, 0.5) is 0 Å². The summed E-state index contributed by atoms with van der Waals surface area (Å²) in [5.41, 5.74) is 2.41. The molecule has 0 amide bonds. The topological polar surface area (TPSA) is 42.7 Å². The first-order valence-electron chi connectivity index (χ1n) is 7.70. The molecule has 0 bridgehead atoms. The summed E-state index contributed by atoms with van der Waals surface area (Å²) in [6, 6.07) is 4.35. The van der Waals surface area contributed by atoms with Crippen molar-refractivity contribution in [2.75, 3.05) is 6.54 Å². The van der Waals surface area contributed by atoms with Crippen molar-refractivity contribution in [2.45, 2.75) is 53.0 Å². The maximum absolute atomic E-state index is 4.86. The number of aromatic nitrogens is 3. The second-order valence-electron chi connectivity index (χ2n) is 6.32. The van der Waals surface area contributed by atoms with E-state index in [0.29, 0.717) is 0 Å². The lowest BCUT2D eigenvalue weighted by atomic mass is 9.90. The fraction of sp³-hybridized carbons (Fsp3) is 0.529. The Hall–Kier alpha value is -1.68. The van der Waals surface area contributed by atoms with Crippen molar-refractivity contribution in [2.24, 2.45) is 0 Å². The highest BCUT2D eigenvalue weighted by Crippen LogP contribution is 2.23. The molecule has 4 heteroatoms. The van der Waals surface area contributed by atoms with Crippen molar-refractivity contribution in [3.63, 3.8) is 0 Å². The van der Waals surface area contributed by atoms with E-state index in [9.17, 15) is 0 Å². The first-order valence-corrected chi connectivity index (χ1v) is 7.70. The Morgan fingerprint density at radius 2 is 1.95 bits per heavy atom. The van der Waals surface area contributed by atoms with Crippen molar-refractivity contribution in [1.82, 2.24) is 19.9 Å². The molecular weight excluding hydrogens is 260 g/mol. The minimum atomic E-state index is 0.0317. The number of nitrogens with zero attached hydrogens (tertiary/aromatic N) is 3. The molecule has 0 radical (unpaired) electrons. The SMILES string of the molecule is CCNCc1cc(-n2ccnc2CC)nc(C(C)(C)C)c1. The van der Waals surface area contributed by atoms with Gasteiger partial charge in [-0.25, -0.2) is 9.97 Å². The summed E-state index contributed by atoms with van der Waals surface area (Å²) < 4.78 is 2.09. The van der Waals surface area contributed by atoms with Gasteiger partial charge < -0.3 is 5.32 Å². The Kier molecular flexibility index (Phi) is 4.78. The van der Waals surface area contributed by atoms with E-state index >= 15 is 0 Å². The first-order chi connectivity index (χ1) is 9.95. The zero-order valence-corrected chi connectivity index (χ0v) is 13.8. The maximum Gasteiger partial charge on any atom is 0.138 e. The van der Waals surface area contributed by atoms with E-state index in [1.165, 1.54) is 5.56 Å². The average molecular weight is 286 g/mol. The highest BCUT2D eigenvalue weighted by atomic mass is 15.1. The van der Waals surface area contributed by atoms with E-state index in [-0.39, 0.29) is 5.41 Å².